The van der Waals surface area contributed by atoms with Gasteiger partial charge in [0.1, 0.15) is 22.5 Å². The maximum Gasteiger partial charge on any atom is 0.466 e. The van der Waals surface area contributed by atoms with Crippen molar-refractivity contribution in [3.8, 4) is 23.0 Å². The highest BCUT2D eigenvalue weighted by Crippen LogP contribution is 2.50. The number of hydrogen-bond acceptors (Lipinski definition) is 7. The Balaban J connectivity index is 1.83. The van der Waals surface area contributed by atoms with Gasteiger partial charge in [0, 0.05) is 4.88 Å². The van der Waals surface area contributed by atoms with Crippen molar-refractivity contribution >= 4 is 29.4 Å². The van der Waals surface area contributed by atoms with Crippen LogP contribution in [0.3, 0.4) is 0 Å². The Bertz CT molecular complexity index is 1130. The molecule has 2 aromatic carbocycles. The Morgan fingerprint density at radius 3 is 2.07 bits per heavy atom. The second-order valence-corrected chi connectivity index (χ2v) is 9.76. The Morgan fingerprint density at radius 2 is 1.53 bits per heavy atom. The molecule has 0 saturated heterocycles. The van der Waals surface area contributed by atoms with Crippen molar-refractivity contribution in [3.63, 3.8) is 0 Å². The number of hydrogen-bond donors (Lipinski definition) is 1. The zero-order chi connectivity index (χ0) is 21.1. The highest BCUT2D eigenvalue weighted by Gasteiger charge is 2.38. The summed E-state index contributed by atoms with van der Waals surface area (Å²) < 4.78 is 31.7. The van der Waals surface area contributed by atoms with E-state index in [4.69, 9.17) is 19.2 Å². The fraction of sp³-hybridized carbons (Fsp3) is 0.136. The summed E-state index contributed by atoms with van der Waals surface area (Å²) in [7, 11) is -3.88. The minimum atomic E-state index is -3.88. The van der Waals surface area contributed by atoms with Gasteiger partial charge in [0.25, 0.3) is 0 Å². The van der Waals surface area contributed by atoms with E-state index in [9.17, 15) is 4.57 Å². The molecule has 0 unspecified atom stereocenters. The van der Waals surface area contributed by atoms with Crippen LogP contribution in [0.25, 0.3) is 11.5 Å². The lowest BCUT2D eigenvalue weighted by atomic mass is 10.1. The number of anilines is 1. The predicted molar refractivity (Wildman–Crippen MR) is 120 cm³/mol. The molecule has 0 aliphatic carbocycles. The molecule has 4 rings (SSSR count). The number of benzene rings is 2. The Hall–Kier alpha value is -3.02. The third kappa shape index (κ3) is 4.13. The quantitative estimate of drug-likeness (QED) is 0.350. The van der Waals surface area contributed by atoms with Gasteiger partial charge in [0.2, 0.25) is 0 Å². The molecule has 0 spiro atoms. The normalized spacial score (nSPS) is 11.6. The van der Waals surface area contributed by atoms with E-state index >= 15 is 0 Å². The molecule has 2 N–H and O–H groups in total. The summed E-state index contributed by atoms with van der Waals surface area (Å²) in [6.07, 6.45) is 1.46. The first-order valence-corrected chi connectivity index (χ1v) is 11.8. The molecule has 0 aliphatic heterocycles. The first-order valence-electron chi connectivity index (χ1n) is 9.40. The van der Waals surface area contributed by atoms with Crippen LogP contribution >= 0.6 is 18.9 Å². The van der Waals surface area contributed by atoms with Crippen molar-refractivity contribution in [2.45, 2.75) is 19.8 Å². The van der Waals surface area contributed by atoms with Gasteiger partial charge >= 0.3 is 7.60 Å². The monoisotopic (exact) mass is 440 g/mol. The lowest BCUT2D eigenvalue weighted by Gasteiger charge is -2.20. The van der Waals surface area contributed by atoms with Gasteiger partial charge < -0.3 is 19.2 Å². The second-order valence-electron chi connectivity index (χ2n) is 6.86. The van der Waals surface area contributed by atoms with Gasteiger partial charge in [-0.15, -0.1) is 11.3 Å². The topological polar surface area (TPSA) is 87.6 Å². The molecule has 0 radical (unpaired) electrons. The van der Waals surface area contributed by atoms with E-state index in [1.54, 1.807) is 54.6 Å². The van der Waals surface area contributed by atoms with Crippen LogP contribution in [0.4, 0.5) is 5.13 Å². The minimum absolute atomic E-state index is 0.164. The van der Waals surface area contributed by atoms with Crippen LogP contribution < -0.4 is 20.1 Å². The number of nitrogens with zero attached hydrogens (tertiary/aromatic N) is 1. The van der Waals surface area contributed by atoms with Gasteiger partial charge in [-0.1, -0.05) is 50.2 Å². The second kappa shape index (κ2) is 8.38. The third-order valence-corrected chi connectivity index (χ3v) is 7.32. The zero-order valence-electron chi connectivity index (χ0n) is 16.5. The maximum atomic E-state index is 14.1. The number of thiazole rings is 1. The summed E-state index contributed by atoms with van der Waals surface area (Å²) in [4.78, 5) is 5.37. The van der Waals surface area contributed by atoms with Gasteiger partial charge in [0.15, 0.2) is 10.9 Å². The van der Waals surface area contributed by atoms with Crippen molar-refractivity contribution in [1.82, 2.24) is 4.98 Å². The van der Waals surface area contributed by atoms with Gasteiger partial charge in [-0.05, 0) is 36.2 Å². The van der Waals surface area contributed by atoms with Crippen LogP contribution in [-0.4, -0.2) is 4.98 Å². The van der Waals surface area contributed by atoms with Crippen molar-refractivity contribution in [2.75, 3.05) is 5.73 Å². The van der Waals surface area contributed by atoms with E-state index in [0.717, 1.165) is 4.88 Å². The first-order chi connectivity index (χ1) is 14.5. The summed E-state index contributed by atoms with van der Waals surface area (Å²) in [5, 5.41) is 0.709. The molecule has 0 amide bonds. The average molecular weight is 440 g/mol. The van der Waals surface area contributed by atoms with Crippen LogP contribution in [-0.2, 0) is 4.57 Å². The van der Waals surface area contributed by atoms with E-state index in [1.807, 2.05) is 26.0 Å². The van der Waals surface area contributed by atoms with Gasteiger partial charge in [-0.3, -0.25) is 0 Å². The van der Waals surface area contributed by atoms with Gasteiger partial charge in [-0.25, -0.2) is 9.55 Å². The van der Waals surface area contributed by atoms with Crippen LogP contribution in [0.1, 0.15) is 24.6 Å². The van der Waals surface area contributed by atoms with Crippen LogP contribution in [0.5, 0.6) is 11.5 Å². The molecule has 6 nitrogen and oxygen atoms in total. The summed E-state index contributed by atoms with van der Waals surface area (Å²) in [5.74, 6) is 1.34. The number of nitrogens with two attached hydrogens (primary N) is 1. The summed E-state index contributed by atoms with van der Waals surface area (Å²) >= 11 is 1.38. The molecule has 0 atom stereocenters. The SMILES string of the molecule is CC(C)c1sc(N)nc1-c1occc1P(=O)(Oc1ccccc1)Oc1ccccc1. The van der Waals surface area contributed by atoms with Crippen molar-refractivity contribution < 1.29 is 18.0 Å². The smallest absolute Gasteiger partial charge is 0.462 e. The fourth-order valence-electron chi connectivity index (χ4n) is 2.96. The third-order valence-electron chi connectivity index (χ3n) is 4.29. The Kier molecular flexibility index (Phi) is 5.66. The van der Waals surface area contributed by atoms with Gasteiger partial charge in [0.05, 0.1) is 6.26 Å². The molecule has 4 aromatic rings. The summed E-state index contributed by atoms with van der Waals surface area (Å²) in [6.45, 7) is 4.08. The van der Waals surface area contributed by atoms with Crippen molar-refractivity contribution in [3.05, 3.63) is 77.9 Å². The molecule has 0 fully saturated rings. The maximum absolute atomic E-state index is 14.1. The predicted octanol–water partition coefficient (Wildman–Crippen LogP) is 6.09. The molecule has 0 saturated carbocycles. The number of nitrogen functional groups attached to an aromatic ring is 1. The Labute approximate surface area is 178 Å². The summed E-state index contributed by atoms with van der Waals surface area (Å²) in [6, 6.07) is 19.4. The molecular formula is C22H21N2O4PS. The zero-order valence-corrected chi connectivity index (χ0v) is 18.2. The largest absolute Gasteiger partial charge is 0.466 e. The highest BCUT2D eigenvalue weighted by atomic mass is 32.1. The average Bonchev–Trinajstić information content (AvgIpc) is 3.36. The summed E-state index contributed by atoms with van der Waals surface area (Å²) in [5.41, 5.74) is 6.52. The molecule has 0 bridgehead atoms. The van der Waals surface area contributed by atoms with E-state index in [2.05, 4.69) is 4.98 Å². The van der Waals surface area contributed by atoms with E-state index < -0.39 is 7.60 Å². The molecule has 30 heavy (non-hydrogen) atoms. The van der Waals surface area contributed by atoms with Crippen molar-refractivity contribution in [2.24, 2.45) is 0 Å². The van der Waals surface area contributed by atoms with Crippen LogP contribution in [0.15, 0.2) is 77.4 Å². The standard InChI is InChI=1S/C22H21N2O4PS/c1-15(2)21-19(24-22(23)30-21)20-18(13-14-26-20)29(25,27-16-9-5-3-6-10-16)28-17-11-7-4-8-12-17/h3-15H,1-2H3,(H2,23,24). The molecule has 2 heterocycles. The van der Waals surface area contributed by atoms with E-state index in [-0.39, 0.29) is 5.92 Å². The molecular weight excluding hydrogens is 419 g/mol. The van der Waals surface area contributed by atoms with E-state index in [1.165, 1.54) is 17.6 Å². The lowest BCUT2D eigenvalue weighted by molar-refractivity contribution is 0.399. The molecule has 154 valence electrons. The lowest BCUT2D eigenvalue weighted by Crippen LogP contribution is -2.15. The van der Waals surface area contributed by atoms with Crippen LogP contribution in [0, 0.1) is 0 Å². The minimum Gasteiger partial charge on any atom is -0.462 e. The fourth-order valence-corrected chi connectivity index (χ4v) is 5.47. The van der Waals surface area contributed by atoms with E-state index in [0.29, 0.717) is 33.4 Å². The highest BCUT2D eigenvalue weighted by molar-refractivity contribution is 7.63. The number of rotatable bonds is 7. The van der Waals surface area contributed by atoms with Crippen LogP contribution in [0.2, 0.25) is 0 Å². The Morgan fingerprint density at radius 1 is 0.967 bits per heavy atom. The first kappa shape index (κ1) is 20.3. The number of furan rings is 1. The molecule has 2 aromatic heterocycles. The van der Waals surface area contributed by atoms with Gasteiger partial charge in [-0.2, -0.15) is 0 Å². The molecule has 0 aliphatic rings. The number of aromatic nitrogens is 1. The van der Waals surface area contributed by atoms with Crippen molar-refractivity contribution in [1.29, 1.82) is 0 Å². The number of para-hydroxylation sites is 2. The molecule has 8 heteroatoms.